The first-order valence-electron chi connectivity index (χ1n) is 9.85. The Morgan fingerprint density at radius 3 is 2.15 bits per heavy atom. The van der Waals surface area contributed by atoms with Crippen LogP contribution in [0.25, 0.3) is 0 Å². The number of benzene rings is 1. The molecule has 0 saturated carbocycles. The average Bonchev–Trinajstić information content (AvgIpc) is 2.66. The fourth-order valence-corrected chi connectivity index (χ4v) is 2.43. The van der Waals surface area contributed by atoms with E-state index in [9.17, 15) is 9.59 Å². The van der Waals surface area contributed by atoms with Gasteiger partial charge in [0.15, 0.2) is 0 Å². The van der Waals surface area contributed by atoms with Gasteiger partial charge in [0.2, 0.25) is 0 Å². The predicted octanol–water partition coefficient (Wildman–Crippen LogP) is 4.32. The van der Waals surface area contributed by atoms with E-state index in [0.717, 1.165) is 32.5 Å². The van der Waals surface area contributed by atoms with E-state index in [1.165, 1.54) is 31.4 Å². The number of carboxylic acids is 1. The number of unbranched alkanes of at least 4 members (excludes halogenated alkanes) is 4. The number of aromatic hydroxyl groups is 1. The van der Waals surface area contributed by atoms with Crippen LogP contribution < -0.4 is 0 Å². The molecular formula is C21H35NO5. The molecule has 0 amide bonds. The molecule has 0 aliphatic rings. The topological polar surface area (TPSA) is 87.1 Å². The summed E-state index contributed by atoms with van der Waals surface area (Å²) in [7, 11) is 0. The van der Waals surface area contributed by atoms with Crippen molar-refractivity contribution in [1.29, 1.82) is 0 Å². The number of esters is 1. The monoisotopic (exact) mass is 381 g/mol. The van der Waals surface area contributed by atoms with Gasteiger partial charge in [-0.2, -0.15) is 0 Å². The summed E-state index contributed by atoms with van der Waals surface area (Å²) >= 11 is 0. The van der Waals surface area contributed by atoms with Crippen molar-refractivity contribution < 1.29 is 24.5 Å². The molecule has 0 saturated heterocycles. The number of hydrogen-bond acceptors (Lipinski definition) is 5. The minimum absolute atomic E-state index is 0.0337. The minimum atomic E-state index is -1.11. The first-order chi connectivity index (χ1) is 13.0. The molecule has 0 aromatic heterocycles. The molecule has 154 valence electrons. The average molecular weight is 382 g/mol. The Morgan fingerprint density at radius 2 is 1.63 bits per heavy atom. The van der Waals surface area contributed by atoms with Crippen LogP contribution in [-0.4, -0.2) is 53.3 Å². The van der Waals surface area contributed by atoms with E-state index in [4.69, 9.17) is 14.9 Å². The van der Waals surface area contributed by atoms with Crippen LogP contribution in [0.2, 0.25) is 0 Å². The fourth-order valence-electron chi connectivity index (χ4n) is 2.43. The van der Waals surface area contributed by atoms with E-state index in [2.05, 4.69) is 25.7 Å². The lowest BCUT2D eigenvalue weighted by Crippen LogP contribution is -2.27. The Balaban J connectivity index is 0.000000569. The lowest BCUT2D eigenvalue weighted by molar-refractivity contribution is -0.144. The number of carbonyl (C=O) groups excluding carboxylic acids is 1. The van der Waals surface area contributed by atoms with Crippen molar-refractivity contribution in [3.8, 4) is 5.75 Å². The van der Waals surface area contributed by atoms with Crippen molar-refractivity contribution in [2.24, 2.45) is 0 Å². The van der Waals surface area contributed by atoms with Gasteiger partial charge in [-0.3, -0.25) is 4.79 Å². The third-order valence-corrected chi connectivity index (χ3v) is 4.18. The number of aromatic carboxylic acids is 1. The van der Waals surface area contributed by atoms with E-state index >= 15 is 0 Å². The molecule has 1 rings (SSSR count). The second kappa shape index (κ2) is 16.1. The van der Waals surface area contributed by atoms with E-state index in [1.54, 1.807) is 12.1 Å². The number of carbonyl (C=O) groups is 2. The molecule has 6 nitrogen and oxygen atoms in total. The molecule has 1 aromatic carbocycles. The molecule has 0 unspecified atom stereocenters. The predicted molar refractivity (Wildman–Crippen MR) is 107 cm³/mol. The number of carboxylic acid groups (broad SMARTS) is 1. The van der Waals surface area contributed by atoms with Gasteiger partial charge in [-0.1, -0.05) is 58.6 Å². The quantitative estimate of drug-likeness (QED) is 0.414. The largest absolute Gasteiger partial charge is 0.507 e. The normalized spacial score (nSPS) is 10.2. The van der Waals surface area contributed by atoms with Crippen molar-refractivity contribution in [3.63, 3.8) is 0 Å². The Bertz CT molecular complexity index is 529. The maximum absolute atomic E-state index is 11.4. The highest BCUT2D eigenvalue weighted by Crippen LogP contribution is 2.14. The van der Waals surface area contributed by atoms with Crippen molar-refractivity contribution in [2.45, 2.75) is 59.3 Å². The molecule has 27 heavy (non-hydrogen) atoms. The number of ether oxygens (including phenoxy) is 1. The second-order valence-electron chi connectivity index (χ2n) is 6.23. The Hall–Kier alpha value is -2.08. The number of likely N-dealkylation sites (N-methyl/N-ethyl adjacent to an activating group) is 1. The van der Waals surface area contributed by atoms with Gasteiger partial charge in [0.05, 0.1) is 0 Å². The fraction of sp³-hybridized carbons (Fsp3) is 0.619. The number of rotatable bonds is 12. The summed E-state index contributed by atoms with van der Waals surface area (Å²) < 4.78 is 5.20. The van der Waals surface area contributed by atoms with Gasteiger partial charge in [-0.05, 0) is 31.6 Å². The van der Waals surface area contributed by atoms with Crippen LogP contribution in [0.15, 0.2) is 24.3 Å². The number of para-hydroxylation sites is 1. The first kappa shape index (κ1) is 24.9. The zero-order valence-corrected chi connectivity index (χ0v) is 16.9. The number of hydrogen-bond donors (Lipinski definition) is 2. The van der Waals surface area contributed by atoms with Crippen molar-refractivity contribution in [3.05, 3.63) is 29.8 Å². The van der Waals surface area contributed by atoms with Crippen molar-refractivity contribution in [2.75, 3.05) is 26.2 Å². The summed E-state index contributed by atoms with van der Waals surface area (Å²) in [5.41, 5.74) is -0.0671. The Morgan fingerprint density at radius 1 is 1.00 bits per heavy atom. The van der Waals surface area contributed by atoms with Gasteiger partial charge in [0.25, 0.3) is 0 Å². The molecule has 0 bridgehead atoms. The standard InChI is InChI=1S/C14H29NO2.C7H6O3/c1-4-7-8-9-10-11-14(16)17-13-12-15(5-2)6-3;8-6-4-2-1-3-5(6)7(9)10/h4-13H2,1-3H3;1-4,8H,(H,9,10). The SMILES string of the molecule is CCCCCCCC(=O)OCCN(CC)CC.O=C(O)c1ccccc1O. The molecule has 0 heterocycles. The van der Waals surface area contributed by atoms with Crippen LogP contribution in [0.1, 0.15) is 69.7 Å². The zero-order chi connectivity index (χ0) is 20.5. The summed E-state index contributed by atoms with van der Waals surface area (Å²) in [4.78, 5) is 23.9. The molecule has 0 aliphatic carbocycles. The van der Waals surface area contributed by atoms with Gasteiger partial charge in [0, 0.05) is 13.0 Å². The summed E-state index contributed by atoms with van der Waals surface area (Å²) in [5.74, 6) is -1.35. The van der Waals surface area contributed by atoms with Crippen LogP contribution >= 0.6 is 0 Å². The molecule has 2 N–H and O–H groups in total. The van der Waals surface area contributed by atoms with Crippen LogP contribution in [0.4, 0.5) is 0 Å². The summed E-state index contributed by atoms with van der Waals surface area (Å²) in [6, 6.07) is 5.81. The van der Waals surface area contributed by atoms with E-state index in [-0.39, 0.29) is 17.3 Å². The molecule has 6 heteroatoms. The minimum Gasteiger partial charge on any atom is -0.507 e. The lowest BCUT2D eigenvalue weighted by atomic mass is 10.1. The van der Waals surface area contributed by atoms with E-state index in [1.807, 2.05) is 0 Å². The Labute approximate surface area is 163 Å². The lowest BCUT2D eigenvalue weighted by Gasteiger charge is -2.17. The van der Waals surface area contributed by atoms with Crippen molar-refractivity contribution in [1.82, 2.24) is 4.90 Å². The Kier molecular flexibility index (Phi) is 14.9. The molecular weight excluding hydrogens is 346 g/mol. The van der Waals surface area contributed by atoms with Crippen LogP contribution in [0.3, 0.4) is 0 Å². The highest BCUT2D eigenvalue weighted by molar-refractivity contribution is 5.90. The van der Waals surface area contributed by atoms with Crippen molar-refractivity contribution >= 4 is 11.9 Å². The molecule has 0 radical (unpaired) electrons. The molecule has 0 atom stereocenters. The molecule has 1 aromatic rings. The zero-order valence-electron chi connectivity index (χ0n) is 16.9. The number of nitrogens with zero attached hydrogens (tertiary/aromatic N) is 1. The van der Waals surface area contributed by atoms with Gasteiger partial charge in [-0.25, -0.2) is 4.79 Å². The number of phenols is 1. The van der Waals surface area contributed by atoms with E-state index in [0.29, 0.717) is 13.0 Å². The van der Waals surface area contributed by atoms with Gasteiger partial charge < -0.3 is 19.8 Å². The van der Waals surface area contributed by atoms with Gasteiger partial charge >= 0.3 is 11.9 Å². The first-order valence-corrected chi connectivity index (χ1v) is 9.85. The maximum Gasteiger partial charge on any atom is 0.339 e. The van der Waals surface area contributed by atoms with Gasteiger partial charge in [-0.15, -0.1) is 0 Å². The van der Waals surface area contributed by atoms with Gasteiger partial charge in [0.1, 0.15) is 17.9 Å². The highest BCUT2D eigenvalue weighted by Gasteiger charge is 2.06. The smallest absolute Gasteiger partial charge is 0.339 e. The summed E-state index contributed by atoms with van der Waals surface area (Å²) in [6.45, 7) is 9.87. The maximum atomic E-state index is 11.4. The third kappa shape index (κ3) is 12.8. The molecule has 0 spiro atoms. The molecule has 0 aliphatic heterocycles. The van der Waals surface area contributed by atoms with Crippen LogP contribution in [0.5, 0.6) is 5.75 Å². The second-order valence-corrected chi connectivity index (χ2v) is 6.23. The van der Waals surface area contributed by atoms with Crippen LogP contribution in [0, 0.1) is 0 Å². The summed E-state index contributed by atoms with van der Waals surface area (Å²) in [5, 5.41) is 17.3. The third-order valence-electron chi connectivity index (χ3n) is 4.18. The molecule has 0 fully saturated rings. The highest BCUT2D eigenvalue weighted by atomic mass is 16.5. The van der Waals surface area contributed by atoms with E-state index < -0.39 is 5.97 Å². The summed E-state index contributed by atoms with van der Waals surface area (Å²) in [6.07, 6.45) is 6.47. The van der Waals surface area contributed by atoms with Crippen LogP contribution in [-0.2, 0) is 9.53 Å².